The van der Waals surface area contributed by atoms with Gasteiger partial charge in [0.25, 0.3) is 0 Å². The molecule has 0 bridgehead atoms. The van der Waals surface area contributed by atoms with E-state index in [9.17, 15) is 0 Å². The molecule has 0 saturated heterocycles. The number of pyridine rings is 1. The number of unbranched alkanes of at least 4 members (excludes halogenated alkanes) is 1. The van der Waals surface area contributed by atoms with Crippen molar-refractivity contribution >= 4 is 15.9 Å². The molecule has 0 amide bonds. The highest BCUT2D eigenvalue weighted by molar-refractivity contribution is 9.08. The third-order valence-electron chi connectivity index (χ3n) is 2.95. The number of aromatic nitrogens is 1. The van der Waals surface area contributed by atoms with Gasteiger partial charge in [-0.25, -0.2) is 4.98 Å². The summed E-state index contributed by atoms with van der Waals surface area (Å²) in [6, 6.07) is 12.2. The Morgan fingerprint density at radius 2 is 1.95 bits per heavy atom. The van der Waals surface area contributed by atoms with Crippen LogP contribution in [0.4, 0.5) is 0 Å². The smallest absolute Gasteiger partial charge is 0.223 e. The molecule has 0 unspecified atom stereocenters. The van der Waals surface area contributed by atoms with Gasteiger partial charge in [-0.05, 0) is 36.6 Å². The molecule has 3 heteroatoms. The van der Waals surface area contributed by atoms with E-state index in [-0.39, 0.29) is 0 Å². The highest BCUT2D eigenvalue weighted by Gasteiger charge is 2.04. The van der Waals surface area contributed by atoms with E-state index in [1.54, 1.807) is 6.20 Å². The summed E-state index contributed by atoms with van der Waals surface area (Å²) in [6.07, 6.45) is 5.33. The van der Waals surface area contributed by atoms with E-state index in [0.717, 1.165) is 23.1 Å². The Bertz CT molecular complexity index is 510. The molecular formula is C16H18BrNO. The molecule has 0 saturated carbocycles. The van der Waals surface area contributed by atoms with E-state index >= 15 is 0 Å². The second-order valence-electron chi connectivity index (χ2n) is 4.45. The van der Waals surface area contributed by atoms with Crippen LogP contribution in [0.3, 0.4) is 0 Å². The maximum atomic E-state index is 5.82. The Labute approximate surface area is 123 Å². The number of hydrogen-bond acceptors (Lipinski definition) is 2. The highest BCUT2D eigenvalue weighted by atomic mass is 79.9. The molecule has 0 aliphatic rings. The lowest BCUT2D eigenvalue weighted by Gasteiger charge is -2.08. The topological polar surface area (TPSA) is 22.1 Å². The minimum atomic E-state index is 0.667. The van der Waals surface area contributed by atoms with Crippen molar-refractivity contribution in [2.45, 2.75) is 31.5 Å². The molecule has 1 heterocycles. The van der Waals surface area contributed by atoms with Crippen molar-refractivity contribution in [2.24, 2.45) is 0 Å². The lowest BCUT2D eigenvalue weighted by Crippen LogP contribution is -1.92. The van der Waals surface area contributed by atoms with Crippen molar-refractivity contribution in [3.63, 3.8) is 0 Å². The van der Waals surface area contributed by atoms with Gasteiger partial charge in [-0.2, -0.15) is 0 Å². The maximum absolute atomic E-state index is 5.82. The SMILES string of the molecule is CCCCc1ccc(Oc2ncccc2CBr)cc1. The van der Waals surface area contributed by atoms with Crippen LogP contribution in [0.25, 0.3) is 0 Å². The van der Waals surface area contributed by atoms with Gasteiger partial charge in [0.1, 0.15) is 5.75 Å². The fourth-order valence-corrected chi connectivity index (χ4v) is 2.26. The monoisotopic (exact) mass is 319 g/mol. The van der Waals surface area contributed by atoms with Crippen LogP contribution in [-0.4, -0.2) is 4.98 Å². The number of alkyl halides is 1. The molecule has 1 aromatic carbocycles. The predicted molar refractivity (Wildman–Crippen MR) is 82.0 cm³/mol. The summed E-state index contributed by atoms with van der Waals surface area (Å²) < 4.78 is 5.82. The van der Waals surface area contributed by atoms with Crippen molar-refractivity contribution in [3.05, 3.63) is 53.7 Å². The Balaban J connectivity index is 2.06. The molecule has 2 aromatic rings. The van der Waals surface area contributed by atoms with Crippen LogP contribution >= 0.6 is 15.9 Å². The normalized spacial score (nSPS) is 10.4. The molecule has 2 rings (SSSR count). The summed E-state index contributed by atoms with van der Waals surface area (Å²) in [4.78, 5) is 4.26. The molecule has 19 heavy (non-hydrogen) atoms. The summed E-state index contributed by atoms with van der Waals surface area (Å²) >= 11 is 3.44. The molecule has 1 aromatic heterocycles. The quantitative estimate of drug-likeness (QED) is 0.690. The standard InChI is InChI=1S/C16H18BrNO/c1-2-3-5-13-7-9-15(10-8-13)19-16-14(12-17)6-4-11-18-16/h4,6-11H,2-3,5,12H2,1H3. The zero-order chi connectivity index (χ0) is 13.5. The average Bonchev–Trinajstić information content (AvgIpc) is 2.47. The Morgan fingerprint density at radius 1 is 1.16 bits per heavy atom. The summed E-state index contributed by atoms with van der Waals surface area (Å²) in [5, 5.41) is 0.741. The molecule has 0 spiro atoms. The van der Waals surface area contributed by atoms with Crippen molar-refractivity contribution in [1.82, 2.24) is 4.98 Å². The number of benzene rings is 1. The molecule has 0 radical (unpaired) electrons. The maximum Gasteiger partial charge on any atom is 0.223 e. The number of nitrogens with zero attached hydrogens (tertiary/aromatic N) is 1. The molecule has 0 atom stereocenters. The molecule has 100 valence electrons. The van der Waals surface area contributed by atoms with Crippen LogP contribution in [0.15, 0.2) is 42.6 Å². The Hall–Kier alpha value is -1.35. The summed E-state index contributed by atoms with van der Waals surface area (Å²) in [5.74, 6) is 1.50. The second kappa shape index (κ2) is 7.29. The molecule has 0 fully saturated rings. The molecule has 2 nitrogen and oxygen atoms in total. The van der Waals surface area contributed by atoms with Crippen molar-refractivity contribution in [1.29, 1.82) is 0 Å². The van der Waals surface area contributed by atoms with E-state index in [2.05, 4.69) is 40.0 Å². The number of halogens is 1. The first kappa shape index (κ1) is 14.1. The average molecular weight is 320 g/mol. The molecule has 0 N–H and O–H groups in total. The van der Waals surface area contributed by atoms with Gasteiger partial charge in [-0.15, -0.1) is 0 Å². The van der Waals surface area contributed by atoms with Gasteiger partial charge in [0.15, 0.2) is 0 Å². The first-order valence-electron chi connectivity index (χ1n) is 6.60. The van der Waals surface area contributed by atoms with Gasteiger partial charge in [0.2, 0.25) is 5.88 Å². The lowest BCUT2D eigenvalue weighted by molar-refractivity contribution is 0.458. The van der Waals surface area contributed by atoms with Crippen molar-refractivity contribution in [3.8, 4) is 11.6 Å². The van der Waals surface area contributed by atoms with Gasteiger partial charge in [-0.1, -0.05) is 47.5 Å². The third-order valence-corrected chi connectivity index (χ3v) is 3.55. The van der Waals surface area contributed by atoms with Gasteiger partial charge in [-0.3, -0.25) is 0 Å². The fraction of sp³-hybridized carbons (Fsp3) is 0.312. The third kappa shape index (κ3) is 4.06. The summed E-state index contributed by atoms with van der Waals surface area (Å²) in [6.45, 7) is 2.21. The minimum absolute atomic E-state index is 0.667. The van der Waals surface area contributed by atoms with Crippen LogP contribution < -0.4 is 4.74 Å². The van der Waals surface area contributed by atoms with E-state index in [4.69, 9.17) is 4.74 Å². The Kier molecular flexibility index (Phi) is 5.40. The molecule has 0 aliphatic heterocycles. The number of rotatable bonds is 6. The molecular weight excluding hydrogens is 302 g/mol. The zero-order valence-corrected chi connectivity index (χ0v) is 12.7. The van der Waals surface area contributed by atoms with Gasteiger partial charge >= 0.3 is 0 Å². The van der Waals surface area contributed by atoms with Crippen LogP contribution in [0, 0.1) is 0 Å². The van der Waals surface area contributed by atoms with E-state index in [1.165, 1.54) is 18.4 Å². The first-order valence-corrected chi connectivity index (χ1v) is 7.72. The fourth-order valence-electron chi connectivity index (χ4n) is 1.83. The van der Waals surface area contributed by atoms with Crippen LogP contribution in [-0.2, 0) is 11.8 Å². The lowest BCUT2D eigenvalue weighted by atomic mass is 10.1. The van der Waals surface area contributed by atoms with Crippen LogP contribution in [0.2, 0.25) is 0 Å². The first-order chi connectivity index (χ1) is 9.33. The summed E-state index contributed by atoms with van der Waals surface area (Å²) in [5.41, 5.74) is 2.41. The van der Waals surface area contributed by atoms with Gasteiger partial charge < -0.3 is 4.74 Å². The highest BCUT2D eigenvalue weighted by Crippen LogP contribution is 2.24. The van der Waals surface area contributed by atoms with Gasteiger partial charge in [0.05, 0.1) is 0 Å². The van der Waals surface area contributed by atoms with Crippen molar-refractivity contribution in [2.75, 3.05) is 0 Å². The van der Waals surface area contributed by atoms with E-state index in [0.29, 0.717) is 5.88 Å². The van der Waals surface area contributed by atoms with E-state index in [1.807, 2.05) is 24.3 Å². The number of ether oxygens (including phenoxy) is 1. The van der Waals surface area contributed by atoms with Crippen LogP contribution in [0.1, 0.15) is 30.9 Å². The predicted octanol–water partition coefficient (Wildman–Crippen LogP) is 5.11. The second-order valence-corrected chi connectivity index (χ2v) is 5.01. The summed E-state index contributed by atoms with van der Waals surface area (Å²) in [7, 11) is 0. The number of aryl methyl sites for hydroxylation is 1. The van der Waals surface area contributed by atoms with Crippen molar-refractivity contribution < 1.29 is 4.74 Å². The van der Waals surface area contributed by atoms with Gasteiger partial charge in [0, 0.05) is 17.1 Å². The molecule has 0 aliphatic carbocycles. The zero-order valence-electron chi connectivity index (χ0n) is 11.1. The minimum Gasteiger partial charge on any atom is -0.439 e. The van der Waals surface area contributed by atoms with Crippen LogP contribution in [0.5, 0.6) is 11.6 Å². The largest absolute Gasteiger partial charge is 0.439 e. The number of hydrogen-bond donors (Lipinski definition) is 0. The Morgan fingerprint density at radius 3 is 2.63 bits per heavy atom. The van der Waals surface area contributed by atoms with E-state index < -0.39 is 0 Å².